The summed E-state index contributed by atoms with van der Waals surface area (Å²) in [7, 11) is 0.000855. The average molecular weight is 264 g/mol. The Morgan fingerprint density at radius 3 is 2.81 bits per heavy atom. The number of halogens is 1. The van der Waals surface area contributed by atoms with E-state index >= 15 is 0 Å². The third-order valence-corrected chi connectivity index (χ3v) is 4.94. The number of ether oxygens (including phenoxy) is 1. The molecule has 2 aliphatic heterocycles. The van der Waals surface area contributed by atoms with Crippen LogP contribution in [0, 0.1) is 0 Å². The summed E-state index contributed by atoms with van der Waals surface area (Å²) in [4.78, 5) is 24.2. The van der Waals surface area contributed by atoms with Crippen molar-refractivity contribution >= 4 is 34.3 Å². The summed E-state index contributed by atoms with van der Waals surface area (Å²) in [6.07, 6.45) is 0. The second-order valence-electron chi connectivity index (χ2n) is 3.65. The maximum absolute atomic E-state index is 11.7. The standard InChI is InChI=1S/C9H10ClNO4S/c1-4-3-16(14)8-5(10)7(12)11(8)6(4)9(13)15-2/h5,8H,3H2,1-2H3/t5-,8+,16-/m0/s1. The molecule has 0 aromatic rings. The first-order valence-corrected chi connectivity index (χ1v) is 6.43. The third kappa shape index (κ3) is 1.40. The molecule has 0 aliphatic carbocycles. The van der Waals surface area contributed by atoms with Crippen LogP contribution in [0.5, 0.6) is 0 Å². The van der Waals surface area contributed by atoms with Crippen molar-refractivity contribution in [3.05, 3.63) is 11.3 Å². The van der Waals surface area contributed by atoms with E-state index in [1.165, 1.54) is 12.0 Å². The molecule has 0 aromatic heterocycles. The van der Waals surface area contributed by atoms with Gasteiger partial charge in [-0.15, -0.1) is 11.6 Å². The number of carbonyl (C=O) groups excluding carboxylic acids is 2. The lowest BCUT2D eigenvalue weighted by atomic mass is 10.1. The van der Waals surface area contributed by atoms with Crippen LogP contribution in [-0.2, 0) is 25.1 Å². The summed E-state index contributed by atoms with van der Waals surface area (Å²) < 4.78 is 16.3. The molecule has 7 heteroatoms. The van der Waals surface area contributed by atoms with E-state index in [0.29, 0.717) is 5.57 Å². The van der Waals surface area contributed by atoms with Crippen LogP contribution in [-0.4, -0.2) is 44.6 Å². The Balaban J connectivity index is 2.43. The molecule has 1 saturated heterocycles. The molecule has 1 amide bonds. The lowest BCUT2D eigenvalue weighted by molar-refractivity contribution is -0.147. The molecule has 0 saturated carbocycles. The first-order valence-electron chi connectivity index (χ1n) is 4.61. The molecule has 5 nitrogen and oxygen atoms in total. The smallest absolute Gasteiger partial charge is 0.354 e. The minimum Gasteiger partial charge on any atom is -0.464 e. The summed E-state index contributed by atoms with van der Waals surface area (Å²) in [5.41, 5.74) is 0.785. The average Bonchev–Trinajstić information content (AvgIpc) is 2.26. The van der Waals surface area contributed by atoms with E-state index in [1.54, 1.807) is 6.92 Å². The van der Waals surface area contributed by atoms with Crippen LogP contribution in [0.3, 0.4) is 0 Å². The largest absolute Gasteiger partial charge is 0.464 e. The fourth-order valence-electron chi connectivity index (χ4n) is 1.86. The van der Waals surface area contributed by atoms with Crippen molar-refractivity contribution in [2.45, 2.75) is 17.7 Å². The van der Waals surface area contributed by atoms with Crippen LogP contribution in [0.15, 0.2) is 11.3 Å². The first-order chi connectivity index (χ1) is 7.49. The minimum atomic E-state index is -1.24. The normalized spacial score (nSPS) is 33.3. The van der Waals surface area contributed by atoms with Gasteiger partial charge in [-0.2, -0.15) is 0 Å². The molecule has 0 radical (unpaired) electrons. The van der Waals surface area contributed by atoms with E-state index in [0.717, 1.165) is 0 Å². The van der Waals surface area contributed by atoms with E-state index in [4.69, 9.17) is 11.6 Å². The molecule has 16 heavy (non-hydrogen) atoms. The first kappa shape index (κ1) is 11.6. The van der Waals surface area contributed by atoms with Gasteiger partial charge < -0.3 is 4.74 Å². The van der Waals surface area contributed by atoms with Crippen molar-refractivity contribution < 1.29 is 18.5 Å². The van der Waals surface area contributed by atoms with Gasteiger partial charge in [-0.1, -0.05) is 0 Å². The van der Waals surface area contributed by atoms with Crippen LogP contribution < -0.4 is 0 Å². The van der Waals surface area contributed by atoms with E-state index in [-0.39, 0.29) is 17.4 Å². The Hall–Kier alpha value is -0.880. The highest BCUT2D eigenvalue weighted by atomic mass is 35.5. The minimum absolute atomic E-state index is 0.189. The van der Waals surface area contributed by atoms with Crippen LogP contribution in [0.25, 0.3) is 0 Å². The van der Waals surface area contributed by atoms with Crippen molar-refractivity contribution in [2.75, 3.05) is 12.9 Å². The Morgan fingerprint density at radius 2 is 2.25 bits per heavy atom. The zero-order chi connectivity index (χ0) is 12.0. The van der Waals surface area contributed by atoms with Crippen LogP contribution in [0.2, 0.25) is 0 Å². The van der Waals surface area contributed by atoms with Crippen molar-refractivity contribution in [3.8, 4) is 0 Å². The second kappa shape index (κ2) is 3.85. The molecule has 0 spiro atoms. The maximum Gasteiger partial charge on any atom is 0.354 e. The number of β-lactam (4-membered cyclic amide) rings is 1. The predicted molar refractivity (Wildman–Crippen MR) is 58.0 cm³/mol. The molecule has 2 rings (SSSR count). The molecule has 2 heterocycles. The molecule has 88 valence electrons. The summed E-state index contributed by atoms with van der Waals surface area (Å²) in [6.45, 7) is 1.66. The van der Waals surface area contributed by atoms with Gasteiger partial charge in [-0.3, -0.25) is 13.9 Å². The number of amides is 1. The Bertz CT molecular complexity index is 433. The SMILES string of the molecule is COC(=O)C1=C(C)C[S@](=O)[C@@H]2[C@@H](Cl)C(=O)N12. The highest BCUT2D eigenvalue weighted by molar-refractivity contribution is 7.86. The number of methoxy groups -OCH3 is 1. The zero-order valence-electron chi connectivity index (χ0n) is 8.73. The number of nitrogens with zero attached hydrogens (tertiary/aromatic N) is 1. The topological polar surface area (TPSA) is 63.7 Å². The number of hydrogen-bond donors (Lipinski definition) is 0. The van der Waals surface area contributed by atoms with E-state index in [2.05, 4.69) is 4.74 Å². The third-order valence-electron chi connectivity index (χ3n) is 2.63. The molecule has 1 fully saturated rings. The second-order valence-corrected chi connectivity index (χ2v) is 5.65. The zero-order valence-corrected chi connectivity index (χ0v) is 10.3. The lowest BCUT2D eigenvalue weighted by Gasteiger charge is -2.46. The van der Waals surface area contributed by atoms with Crippen molar-refractivity contribution in [2.24, 2.45) is 0 Å². The number of esters is 1. The lowest BCUT2D eigenvalue weighted by Crippen LogP contribution is -2.66. The molecule has 0 aromatic carbocycles. The fraction of sp³-hybridized carbons (Fsp3) is 0.556. The van der Waals surface area contributed by atoms with Gasteiger partial charge in [-0.25, -0.2) is 4.79 Å². The van der Waals surface area contributed by atoms with Crippen LogP contribution >= 0.6 is 11.6 Å². The molecule has 0 N–H and O–H groups in total. The molecule has 2 aliphatic rings. The summed E-state index contributed by atoms with van der Waals surface area (Å²) in [6, 6.07) is 0. The van der Waals surface area contributed by atoms with Crippen LogP contribution in [0.1, 0.15) is 6.92 Å². The summed E-state index contributed by atoms with van der Waals surface area (Å²) in [5, 5.41) is -1.39. The van der Waals surface area contributed by atoms with Crippen molar-refractivity contribution in [3.63, 3.8) is 0 Å². The Kier molecular flexibility index (Phi) is 2.79. The number of fused-ring (bicyclic) bond motifs is 1. The van der Waals surface area contributed by atoms with Crippen LogP contribution in [0.4, 0.5) is 0 Å². The quantitative estimate of drug-likeness (QED) is 0.379. The highest BCUT2D eigenvalue weighted by Crippen LogP contribution is 2.37. The maximum atomic E-state index is 11.7. The Morgan fingerprint density at radius 1 is 1.62 bits per heavy atom. The van der Waals surface area contributed by atoms with Gasteiger partial charge in [-0.05, 0) is 12.5 Å². The van der Waals surface area contributed by atoms with Gasteiger partial charge in [0.2, 0.25) is 5.91 Å². The van der Waals surface area contributed by atoms with E-state index in [9.17, 15) is 13.8 Å². The van der Waals surface area contributed by atoms with Gasteiger partial charge in [0.05, 0.1) is 17.9 Å². The van der Waals surface area contributed by atoms with Gasteiger partial charge in [0, 0.05) is 5.75 Å². The number of carbonyl (C=O) groups is 2. The Labute approximate surface area is 99.8 Å². The van der Waals surface area contributed by atoms with E-state index < -0.39 is 27.5 Å². The van der Waals surface area contributed by atoms with Gasteiger partial charge in [0.1, 0.15) is 16.4 Å². The summed E-state index contributed by atoms with van der Waals surface area (Å²) in [5.74, 6) is -0.724. The van der Waals surface area contributed by atoms with Crippen molar-refractivity contribution in [1.29, 1.82) is 0 Å². The molecular formula is C9H10ClNO4S. The fourth-order valence-corrected chi connectivity index (χ4v) is 3.98. The number of alkyl halides is 1. The highest BCUT2D eigenvalue weighted by Gasteiger charge is 2.55. The monoisotopic (exact) mass is 263 g/mol. The van der Waals surface area contributed by atoms with E-state index in [1.807, 2.05) is 0 Å². The molecule has 0 unspecified atom stereocenters. The number of hydrogen-bond acceptors (Lipinski definition) is 4. The van der Waals surface area contributed by atoms with Gasteiger partial charge in [0.25, 0.3) is 0 Å². The molecular weight excluding hydrogens is 254 g/mol. The van der Waals surface area contributed by atoms with Gasteiger partial charge >= 0.3 is 5.97 Å². The van der Waals surface area contributed by atoms with Gasteiger partial charge in [0.15, 0.2) is 0 Å². The number of rotatable bonds is 1. The predicted octanol–water partition coefficient (Wildman–Crippen LogP) is -0.0286. The molecule has 0 bridgehead atoms. The van der Waals surface area contributed by atoms with Crippen molar-refractivity contribution in [1.82, 2.24) is 4.90 Å². The molecule has 3 atom stereocenters. The summed E-state index contributed by atoms with van der Waals surface area (Å²) >= 11 is 5.77.